The largest absolute Gasteiger partial charge is 0.435 e. The van der Waals surface area contributed by atoms with E-state index in [1.807, 2.05) is 23.6 Å². The molecule has 35 heavy (non-hydrogen) atoms. The molecule has 0 aliphatic heterocycles. The van der Waals surface area contributed by atoms with Crippen molar-refractivity contribution in [3.05, 3.63) is 71.0 Å². The summed E-state index contributed by atoms with van der Waals surface area (Å²) in [5, 5.41) is 3.23. The number of alkyl halides is 2. The minimum atomic E-state index is -2.94. The third kappa shape index (κ3) is 4.05. The molecule has 1 aliphatic rings. The Morgan fingerprint density at radius 2 is 1.86 bits per heavy atom. The van der Waals surface area contributed by atoms with Gasteiger partial charge in [-0.2, -0.15) is 13.8 Å². The number of imidazole rings is 1. The van der Waals surface area contributed by atoms with Gasteiger partial charge in [0, 0.05) is 24.0 Å². The van der Waals surface area contributed by atoms with Gasteiger partial charge in [0.15, 0.2) is 5.65 Å². The zero-order valence-corrected chi connectivity index (χ0v) is 18.5. The summed E-state index contributed by atoms with van der Waals surface area (Å²) >= 11 is 0. The third-order valence-corrected chi connectivity index (χ3v) is 5.68. The Hall–Kier alpha value is -4.41. The molecule has 1 fully saturated rings. The van der Waals surface area contributed by atoms with Crippen LogP contribution in [0, 0.1) is 6.92 Å². The lowest BCUT2D eigenvalue weighted by atomic mass is 10.2. The topological polar surface area (TPSA) is 99.2 Å². The Labute approximate surface area is 197 Å². The molecule has 1 aromatic carbocycles. The van der Waals surface area contributed by atoms with Crippen LogP contribution in [0.2, 0.25) is 0 Å². The number of aromatic nitrogens is 6. The van der Waals surface area contributed by atoms with Gasteiger partial charge in [-0.05, 0) is 56.2 Å². The minimum Gasteiger partial charge on any atom is -0.435 e. The Kier molecular flexibility index (Phi) is 4.90. The van der Waals surface area contributed by atoms with E-state index < -0.39 is 12.2 Å². The van der Waals surface area contributed by atoms with E-state index >= 15 is 0 Å². The highest BCUT2D eigenvalue weighted by molar-refractivity contribution is 5.77. The molecule has 0 radical (unpaired) electrons. The molecule has 1 saturated carbocycles. The van der Waals surface area contributed by atoms with Crippen LogP contribution in [0.5, 0.6) is 5.75 Å². The molecule has 1 aliphatic carbocycles. The van der Waals surface area contributed by atoms with Crippen LogP contribution in [0.15, 0.2) is 59.8 Å². The lowest BCUT2D eigenvalue weighted by Crippen LogP contribution is -2.23. The number of fused-ring (bicyclic) bond motifs is 2. The van der Waals surface area contributed by atoms with Gasteiger partial charge in [-0.15, -0.1) is 0 Å². The van der Waals surface area contributed by atoms with E-state index in [2.05, 4.69) is 30.0 Å². The second-order valence-electron chi connectivity index (χ2n) is 8.36. The first-order chi connectivity index (χ1) is 16.9. The first kappa shape index (κ1) is 21.1. The highest BCUT2D eigenvalue weighted by Gasteiger charge is 2.23. The molecule has 4 aromatic heterocycles. The summed E-state index contributed by atoms with van der Waals surface area (Å²) in [6.45, 7) is -1.05. The molecule has 0 spiro atoms. The lowest BCUT2D eigenvalue weighted by Gasteiger charge is -2.13. The van der Waals surface area contributed by atoms with E-state index in [0.717, 1.165) is 24.2 Å². The molecule has 11 heteroatoms. The fourth-order valence-corrected chi connectivity index (χ4v) is 3.92. The molecule has 0 atom stereocenters. The van der Waals surface area contributed by atoms with Crippen LogP contribution in [0.25, 0.3) is 33.8 Å². The summed E-state index contributed by atoms with van der Waals surface area (Å²) in [7, 11) is 0. The molecular weight excluding hydrogens is 456 g/mol. The normalized spacial score (nSPS) is 13.6. The number of pyridine rings is 1. The second-order valence-corrected chi connectivity index (χ2v) is 8.36. The third-order valence-electron chi connectivity index (χ3n) is 5.68. The molecule has 176 valence electrons. The van der Waals surface area contributed by atoms with Gasteiger partial charge in [-0.25, -0.2) is 15.0 Å². The van der Waals surface area contributed by atoms with Gasteiger partial charge < -0.3 is 14.5 Å². The van der Waals surface area contributed by atoms with E-state index in [1.54, 1.807) is 18.5 Å². The Bertz CT molecular complexity index is 1630. The van der Waals surface area contributed by atoms with Crippen molar-refractivity contribution in [2.24, 2.45) is 0 Å². The molecule has 9 nitrogen and oxygen atoms in total. The van der Waals surface area contributed by atoms with Crippen molar-refractivity contribution in [1.29, 1.82) is 0 Å². The Morgan fingerprint density at radius 1 is 1.06 bits per heavy atom. The van der Waals surface area contributed by atoms with Crippen molar-refractivity contribution in [2.75, 3.05) is 5.32 Å². The standard InChI is InChI=1S/C24H19F2N7O2/c1-13-11-32-12-14(2-9-19(32)28-13)20-22(34)33(16-5-7-17(8-6-16)35-23(25)26)21-18(30-20)10-27-24(31-21)29-15-3-4-15/h2,5-12,15,23H,3-4H2,1H3,(H,27,29,31). The van der Waals surface area contributed by atoms with Crippen molar-refractivity contribution in [3.63, 3.8) is 0 Å². The van der Waals surface area contributed by atoms with Gasteiger partial charge in [0.2, 0.25) is 5.95 Å². The maximum Gasteiger partial charge on any atom is 0.387 e. The molecule has 1 N–H and O–H groups in total. The predicted molar refractivity (Wildman–Crippen MR) is 125 cm³/mol. The zero-order valence-electron chi connectivity index (χ0n) is 18.5. The number of rotatable bonds is 6. The Morgan fingerprint density at radius 3 is 2.60 bits per heavy atom. The fourth-order valence-electron chi connectivity index (χ4n) is 3.92. The van der Waals surface area contributed by atoms with E-state index in [9.17, 15) is 13.6 Å². The number of hydrogen-bond acceptors (Lipinski definition) is 7. The number of halogens is 2. The van der Waals surface area contributed by atoms with E-state index in [-0.39, 0.29) is 11.4 Å². The number of aryl methyl sites for hydroxylation is 1. The molecule has 6 rings (SSSR count). The van der Waals surface area contributed by atoms with E-state index in [0.29, 0.717) is 34.4 Å². The van der Waals surface area contributed by atoms with Gasteiger partial charge in [0.25, 0.3) is 5.56 Å². The van der Waals surface area contributed by atoms with Gasteiger partial charge >= 0.3 is 6.61 Å². The maximum atomic E-state index is 13.8. The van der Waals surface area contributed by atoms with Gasteiger partial charge in [-0.3, -0.25) is 9.36 Å². The summed E-state index contributed by atoms with van der Waals surface area (Å²) < 4.78 is 32.9. The molecule has 0 bridgehead atoms. The summed E-state index contributed by atoms with van der Waals surface area (Å²) in [6.07, 6.45) is 7.29. The van der Waals surface area contributed by atoms with E-state index in [4.69, 9.17) is 0 Å². The second kappa shape index (κ2) is 8.12. The number of nitrogens with zero attached hydrogens (tertiary/aromatic N) is 6. The Balaban J connectivity index is 1.55. The molecule has 0 saturated heterocycles. The first-order valence-corrected chi connectivity index (χ1v) is 11.0. The first-order valence-electron chi connectivity index (χ1n) is 11.0. The van der Waals surface area contributed by atoms with Gasteiger partial charge in [0.1, 0.15) is 22.6 Å². The molecule has 0 amide bonds. The van der Waals surface area contributed by atoms with E-state index in [1.165, 1.54) is 28.8 Å². The molecule has 4 heterocycles. The molecular formula is C24H19F2N7O2. The smallest absolute Gasteiger partial charge is 0.387 e. The van der Waals surface area contributed by atoms with Crippen molar-refractivity contribution >= 4 is 22.8 Å². The van der Waals surface area contributed by atoms with Crippen molar-refractivity contribution < 1.29 is 13.5 Å². The number of anilines is 1. The molecule has 0 unspecified atom stereocenters. The highest BCUT2D eigenvalue weighted by atomic mass is 19.3. The quantitative estimate of drug-likeness (QED) is 0.397. The summed E-state index contributed by atoms with van der Waals surface area (Å²) in [5.74, 6) is 0.387. The van der Waals surface area contributed by atoms with Crippen LogP contribution >= 0.6 is 0 Å². The monoisotopic (exact) mass is 475 g/mol. The average molecular weight is 475 g/mol. The van der Waals surface area contributed by atoms with Crippen LogP contribution in [0.4, 0.5) is 14.7 Å². The minimum absolute atomic E-state index is 0.0120. The number of benzene rings is 1. The summed E-state index contributed by atoms with van der Waals surface area (Å²) in [4.78, 5) is 31.7. The fraction of sp³-hybridized carbons (Fsp3) is 0.208. The van der Waals surface area contributed by atoms with Crippen LogP contribution in [0.1, 0.15) is 18.5 Å². The number of ether oxygens (including phenoxy) is 1. The highest BCUT2D eigenvalue weighted by Crippen LogP contribution is 2.25. The molecule has 5 aromatic rings. The van der Waals surface area contributed by atoms with Gasteiger partial charge in [-0.1, -0.05) is 0 Å². The van der Waals surface area contributed by atoms with Crippen LogP contribution in [0.3, 0.4) is 0 Å². The predicted octanol–water partition coefficient (Wildman–Crippen LogP) is 3.97. The van der Waals surface area contributed by atoms with Crippen molar-refractivity contribution in [1.82, 2.24) is 28.9 Å². The average Bonchev–Trinajstić information content (AvgIpc) is 3.56. The van der Waals surface area contributed by atoms with Gasteiger partial charge in [0.05, 0.1) is 17.6 Å². The summed E-state index contributed by atoms with van der Waals surface area (Å²) in [6, 6.07) is 9.73. The number of hydrogen-bond donors (Lipinski definition) is 1. The maximum absolute atomic E-state index is 13.8. The SMILES string of the molecule is Cc1cn2cc(-c3nc4cnc(NC5CC5)nc4n(-c4ccc(OC(F)F)cc4)c3=O)ccc2n1. The lowest BCUT2D eigenvalue weighted by molar-refractivity contribution is -0.0498. The number of nitrogens with one attached hydrogen (secondary N) is 1. The summed E-state index contributed by atoms with van der Waals surface area (Å²) in [5.41, 5.74) is 3.13. The zero-order chi connectivity index (χ0) is 24.1. The van der Waals surface area contributed by atoms with Crippen LogP contribution < -0.4 is 15.6 Å². The van der Waals surface area contributed by atoms with Crippen LogP contribution in [-0.4, -0.2) is 41.6 Å². The van der Waals surface area contributed by atoms with Crippen molar-refractivity contribution in [3.8, 4) is 22.7 Å². The van der Waals surface area contributed by atoms with Crippen LogP contribution in [-0.2, 0) is 0 Å². The van der Waals surface area contributed by atoms with Crippen molar-refractivity contribution in [2.45, 2.75) is 32.4 Å².